The predicted octanol–water partition coefficient (Wildman–Crippen LogP) is 0.826. The molecule has 3 nitrogen and oxygen atoms in total. The zero-order valence-electron chi connectivity index (χ0n) is 5.86. The highest BCUT2D eigenvalue weighted by Gasteiger charge is 2.02. The zero-order valence-corrected chi connectivity index (χ0v) is 5.86. The number of aliphatic hydroxyl groups excluding tert-OH is 1. The molecule has 11 heavy (non-hydrogen) atoms. The van der Waals surface area contributed by atoms with Crippen molar-refractivity contribution in [2.45, 2.75) is 6.10 Å². The average Bonchev–Trinajstić information content (AvgIpc) is 2.05. The molecule has 0 aliphatic rings. The molecule has 0 aliphatic heterocycles. The van der Waals surface area contributed by atoms with Crippen LogP contribution in [0.5, 0.6) is 0 Å². The van der Waals surface area contributed by atoms with Crippen LogP contribution in [-0.2, 0) is 0 Å². The lowest BCUT2D eigenvalue weighted by Gasteiger charge is -2.00. The summed E-state index contributed by atoms with van der Waals surface area (Å²) in [4.78, 5) is 0. The summed E-state index contributed by atoms with van der Waals surface area (Å²) in [6.45, 7) is 0. The van der Waals surface area contributed by atoms with Crippen LogP contribution in [0.3, 0.4) is 0 Å². The third-order valence-electron chi connectivity index (χ3n) is 1.37. The van der Waals surface area contributed by atoms with Gasteiger partial charge in [-0.05, 0) is 17.7 Å². The Kier molecular flexibility index (Phi) is 2.09. The highest BCUT2D eigenvalue weighted by atomic mass is 16.3. The Morgan fingerprint density at radius 1 is 1.36 bits per heavy atom. The summed E-state index contributed by atoms with van der Waals surface area (Å²) in [7, 11) is 0. The molecule has 0 aromatic heterocycles. The Morgan fingerprint density at radius 2 is 1.91 bits per heavy atom. The molecule has 3 N–H and O–H groups in total. The van der Waals surface area contributed by atoms with Crippen LogP contribution in [0.1, 0.15) is 11.7 Å². The van der Waals surface area contributed by atoms with Gasteiger partial charge in [0, 0.05) is 5.69 Å². The Hall–Kier alpha value is -1.53. The number of nitrogen functional groups attached to an aromatic ring is 1. The molecule has 1 rings (SSSR count). The number of anilines is 1. The van der Waals surface area contributed by atoms with E-state index in [1.165, 1.54) is 0 Å². The quantitative estimate of drug-likeness (QED) is 0.457. The second-order valence-electron chi connectivity index (χ2n) is 2.20. The van der Waals surface area contributed by atoms with Crippen molar-refractivity contribution in [3.05, 3.63) is 29.8 Å². The molecular formula is C8H8N2O. The maximum Gasteiger partial charge on any atom is 0.165 e. The van der Waals surface area contributed by atoms with E-state index in [0.29, 0.717) is 11.3 Å². The fourth-order valence-corrected chi connectivity index (χ4v) is 0.753. The van der Waals surface area contributed by atoms with Crippen LogP contribution in [0, 0.1) is 11.3 Å². The highest BCUT2D eigenvalue weighted by molar-refractivity contribution is 5.40. The molecule has 0 radical (unpaired) electrons. The number of nitriles is 1. The van der Waals surface area contributed by atoms with E-state index in [2.05, 4.69) is 0 Å². The van der Waals surface area contributed by atoms with Crippen molar-refractivity contribution in [3.8, 4) is 6.07 Å². The SMILES string of the molecule is N#C[C@H](O)c1ccc(N)cc1. The van der Waals surface area contributed by atoms with Gasteiger partial charge in [0.05, 0.1) is 6.07 Å². The van der Waals surface area contributed by atoms with Crippen LogP contribution < -0.4 is 5.73 Å². The van der Waals surface area contributed by atoms with E-state index in [4.69, 9.17) is 16.1 Å². The number of hydrogen-bond acceptors (Lipinski definition) is 3. The van der Waals surface area contributed by atoms with Crippen LogP contribution in [-0.4, -0.2) is 5.11 Å². The predicted molar refractivity (Wildman–Crippen MR) is 41.4 cm³/mol. The van der Waals surface area contributed by atoms with Gasteiger partial charge >= 0.3 is 0 Å². The van der Waals surface area contributed by atoms with Gasteiger partial charge in [-0.15, -0.1) is 0 Å². The molecule has 0 amide bonds. The van der Waals surface area contributed by atoms with Crippen molar-refractivity contribution in [3.63, 3.8) is 0 Å². The first-order valence-corrected chi connectivity index (χ1v) is 3.17. The minimum atomic E-state index is -1.05. The summed E-state index contributed by atoms with van der Waals surface area (Å²) in [6, 6.07) is 8.27. The second-order valence-corrected chi connectivity index (χ2v) is 2.20. The van der Waals surface area contributed by atoms with E-state index in [9.17, 15) is 0 Å². The molecule has 1 aromatic carbocycles. The number of hydrogen-bond donors (Lipinski definition) is 2. The van der Waals surface area contributed by atoms with E-state index in [1.807, 2.05) is 0 Å². The number of benzene rings is 1. The molecule has 0 spiro atoms. The zero-order chi connectivity index (χ0) is 8.27. The largest absolute Gasteiger partial charge is 0.399 e. The van der Waals surface area contributed by atoms with Crippen LogP contribution in [0.25, 0.3) is 0 Å². The fourth-order valence-electron chi connectivity index (χ4n) is 0.753. The molecule has 0 aliphatic carbocycles. The van der Waals surface area contributed by atoms with Gasteiger partial charge in [0.25, 0.3) is 0 Å². The van der Waals surface area contributed by atoms with E-state index >= 15 is 0 Å². The van der Waals surface area contributed by atoms with Crippen LogP contribution >= 0.6 is 0 Å². The van der Waals surface area contributed by atoms with Gasteiger partial charge in [-0.25, -0.2) is 0 Å². The summed E-state index contributed by atoms with van der Waals surface area (Å²) in [6.07, 6.45) is -1.05. The highest BCUT2D eigenvalue weighted by Crippen LogP contribution is 2.12. The molecule has 0 fully saturated rings. The number of nitrogens with zero attached hydrogens (tertiary/aromatic N) is 1. The van der Waals surface area contributed by atoms with Crippen LogP contribution in [0.15, 0.2) is 24.3 Å². The molecule has 1 aromatic rings. The fraction of sp³-hybridized carbons (Fsp3) is 0.125. The monoisotopic (exact) mass is 148 g/mol. The molecule has 3 heteroatoms. The van der Waals surface area contributed by atoms with Gasteiger partial charge in [0.1, 0.15) is 0 Å². The Bertz CT molecular complexity index is 273. The van der Waals surface area contributed by atoms with E-state index in [1.54, 1.807) is 30.3 Å². The topological polar surface area (TPSA) is 70.0 Å². The Balaban J connectivity index is 2.92. The van der Waals surface area contributed by atoms with Crippen molar-refractivity contribution < 1.29 is 5.11 Å². The van der Waals surface area contributed by atoms with E-state index in [0.717, 1.165) is 0 Å². The summed E-state index contributed by atoms with van der Waals surface area (Å²) in [5.74, 6) is 0. The first-order chi connectivity index (χ1) is 5.24. The van der Waals surface area contributed by atoms with Crippen molar-refractivity contribution in [2.24, 2.45) is 0 Å². The van der Waals surface area contributed by atoms with Crippen molar-refractivity contribution in [1.29, 1.82) is 5.26 Å². The standard InChI is InChI=1S/C8H8N2O/c9-5-8(11)6-1-3-7(10)4-2-6/h1-4,8,11H,10H2/t8-/m0/s1. The van der Waals surface area contributed by atoms with Gasteiger partial charge in [-0.2, -0.15) is 5.26 Å². The Morgan fingerprint density at radius 3 is 2.36 bits per heavy atom. The summed E-state index contributed by atoms with van der Waals surface area (Å²) < 4.78 is 0. The van der Waals surface area contributed by atoms with Gasteiger partial charge in [0.2, 0.25) is 0 Å². The van der Waals surface area contributed by atoms with Crippen molar-refractivity contribution in [1.82, 2.24) is 0 Å². The average molecular weight is 148 g/mol. The van der Waals surface area contributed by atoms with Crippen molar-refractivity contribution >= 4 is 5.69 Å². The van der Waals surface area contributed by atoms with E-state index in [-0.39, 0.29) is 0 Å². The first-order valence-electron chi connectivity index (χ1n) is 3.17. The van der Waals surface area contributed by atoms with Gasteiger partial charge in [-0.3, -0.25) is 0 Å². The molecule has 56 valence electrons. The van der Waals surface area contributed by atoms with Gasteiger partial charge in [-0.1, -0.05) is 12.1 Å². The summed E-state index contributed by atoms with van der Waals surface area (Å²) in [5, 5.41) is 17.3. The number of nitrogens with two attached hydrogens (primary N) is 1. The van der Waals surface area contributed by atoms with Crippen LogP contribution in [0.4, 0.5) is 5.69 Å². The van der Waals surface area contributed by atoms with Crippen LogP contribution in [0.2, 0.25) is 0 Å². The maximum atomic E-state index is 9.02. The minimum absolute atomic E-state index is 0.571. The molecule has 0 unspecified atom stereocenters. The molecule has 0 saturated carbocycles. The van der Waals surface area contributed by atoms with Crippen molar-refractivity contribution in [2.75, 3.05) is 5.73 Å². The molecule has 1 atom stereocenters. The molecule has 0 heterocycles. The van der Waals surface area contributed by atoms with Gasteiger partial charge < -0.3 is 10.8 Å². The minimum Gasteiger partial charge on any atom is -0.399 e. The lowest BCUT2D eigenvalue weighted by molar-refractivity contribution is 0.236. The second kappa shape index (κ2) is 3.04. The third kappa shape index (κ3) is 1.69. The Labute approximate surface area is 64.7 Å². The smallest absolute Gasteiger partial charge is 0.165 e. The maximum absolute atomic E-state index is 9.02. The summed E-state index contributed by atoms with van der Waals surface area (Å²) >= 11 is 0. The normalized spacial score (nSPS) is 12.0. The summed E-state index contributed by atoms with van der Waals surface area (Å²) in [5.41, 5.74) is 6.60. The van der Waals surface area contributed by atoms with Gasteiger partial charge in [0.15, 0.2) is 6.10 Å². The lowest BCUT2D eigenvalue weighted by Crippen LogP contribution is -1.93. The third-order valence-corrected chi connectivity index (χ3v) is 1.37. The molecule has 0 bridgehead atoms. The van der Waals surface area contributed by atoms with E-state index < -0.39 is 6.10 Å². The number of rotatable bonds is 1. The lowest BCUT2D eigenvalue weighted by atomic mass is 10.1. The number of aliphatic hydroxyl groups is 1. The first kappa shape index (κ1) is 7.58. The molecule has 0 saturated heterocycles. The molecular weight excluding hydrogens is 140 g/mol.